The highest BCUT2D eigenvalue weighted by molar-refractivity contribution is 7.89. The van der Waals surface area contributed by atoms with Crippen molar-refractivity contribution in [3.8, 4) is 11.3 Å². The Kier molecular flexibility index (Phi) is 3.90. The SMILES string of the molecule is Cc1ccc(S(=O)(=O)N2Cc3cnc(-c4ccccc4)cc3C2)cc1. The van der Waals surface area contributed by atoms with Gasteiger partial charge in [0.2, 0.25) is 10.0 Å². The number of aryl methyl sites for hydroxylation is 1. The van der Waals surface area contributed by atoms with Gasteiger partial charge in [0.15, 0.2) is 0 Å². The number of hydrogen-bond donors (Lipinski definition) is 0. The summed E-state index contributed by atoms with van der Waals surface area (Å²) in [7, 11) is -3.50. The fourth-order valence-corrected chi connectivity index (χ4v) is 4.44. The summed E-state index contributed by atoms with van der Waals surface area (Å²) >= 11 is 0. The van der Waals surface area contributed by atoms with Crippen LogP contribution >= 0.6 is 0 Å². The van der Waals surface area contributed by atoms with Crippen LogP contribution in [-0.2, 0) is 23.1 Å². The maximum atomic E-state index is 12.9. The maximum Gasteiger partial charge on any atom is 0.243 e. The summed E-state index contributed by atoms with van der Waals surface area (Å²) in [5.74, 6) is 0. The van der Waals surface area contributed by atoms with Crippen LogP contribution in [0.25, 0.3) is 11.3 Å². The largest absolute Gasteiger partial charge is 0.256 e. The lowest BCUT2D eigenvalue weighted by Gasteiger charge is -2.15. The molecular formula is C20H18N2O2S. The molecule has 1 aliphatic heterocycles. The topological polar surface area (TPSA) is 50.3 Å². The van der Waals surface area contributed by atoms with E-state index in [9.17, 15) is 8.42 Å². The van der Waals surface area contributed by atoms with Gasteiger partial charge >= 0.3 is 0 Å². The van der Waals surface area contributed by atoms with Crippen LogP contribution in [0.4, 0.5) is 0 Å². The van der Waals surface area contributed by atoms with E-state index in [4.69, 9.17) is 0 Å². The molecule has 0 unspecified atom stereocenters. The van der Waals surface area contributed by atoms with Crippen LogP contribution in [0.15, 0.2) is 71.8 Å². The van der Waals surface area contributed by atoms with E-state index in [1.54, 1.807) is 18.3 Å². The van der Waals surface area contributed by atoms with Crippen molar-refractivity contribution in [1.82, 2.24) is 9.29 Å². The van der Waals surface area contributed by atoms with E-state index < -0.39 is 10.0 Å². The first-order valence-electron chi connectivity index (χ1n) is 8.14. The second-order valence-corrected chi connectivity index (χ2v) is 8.23. The summed E-state index contributed by atoms with van der Waals surface area (Å²) in [5, 5.41) is 0. The van der Waals surface area contributed by atoms with Crippen molar-refractivity contribution in [3.05, 3.63) is 83.6 Å². The fraction of sp³-hybridized carbons (Fsp3) is 0.150. The normalized spacial score (nSPS) is 14.4. The van der Waals surface area contributed by atoms with Crippen molar-refractivity contribution in [2.45, 2.75) is 24.9 Å². The van der Waals surface area contributed by atoms with E-state index in [-0.39, 0.29) is 0 Å². The first-order chi connectivity index (χ1) is 12.0. The number of rotatable bonds is 3. The molecule has 25 heavy (non-hydrogen) atoms. The molecule has 0 aliphatic carbocycles. The second kappa shape index (κ2) is 6.10. The summed E-state index contributed by atoms with van der Waals surface area (Å²) in [5.41, 5.74) is 4.93. The molecule has 0 bridgehead atoms. The van der Waals surface area contributed by atoms with Crippen LogP contribution in [-0.4, -0.2) is 17.7 Å². The molecular weight excluding hydrogens is 332 g/mol. The minimum Gasteiger partial charge on any atom is -0.256 e. The van der Waals surface area contributed by atoms with Gasteiger partial charge in [-0.15, -0.1) is 0 Å². The van der Waals surface area contributed by atoms with E-state index in [1.807, 2.05) is 55.5 Å². The molecule has 4 nitrogen and oxygen atoms in total. The molecule has 1 aromatic heterocycles. The van der Waals surface area contributed by atoms with E-state index in [2.05, 4.69) is 4.98 Å². The molecule has 0 spiro atoms. The van der Waals surface area contributed by atoms with Crippen molar-refractivity contribution in [2.24, 2.45) is 0 Å². The van der Waals surface area contributed by atoms with Gasteiger partial charge in [-0.05, 0) is 36.2 Å². The first-order valence-corrected chi connectivity index (χ1v) is 9.58. The van der Waals surface area contributed by atoms with Gasteiger partial charge in [-0.1, -0.05) is 48.0 Å². The molecule has 3 aromatic rings. The molecule has 2 aromatic carbocycles. The molecule has 0 amide bonds. The lowest BCUT2D eigenvalue weighted by Crippen LogP contribution is -2.25. The standard InChI is InChI=1S/C20H18N2O2S/c1-15-7-9-19(10-8-15)25(23,24)22-13-17-11-20(21-12-18(17)14-22)16-5-3-2-4-6-16/h2-12H,13-14H2,1H3. The summed E-state index contributed by atoms with van der Waals surface area (Å²) in [6.45, 7) is 2.69. The molecule has 126 valence electrons. The van der Waals surface area contributed by atoms with Gasteiger partial charge in [0.05, 0.1) is 10.6 Å². The Labute approximate surface area is 147 Å². The zero-order valence-electron chi connectivity index (χ0n) is 13.9. The van der Waals surface area contributed by atoms with Crippen LogP contribution in [0.1, 0.15) is 16.7 Å². The predicted molar refractivity (Wildman–Crippen MR) is 97.3 cm³/mol. The first kappa shape index (κ1) is 16.0. The second-order valence-electron chi connectivity index (χ2n) is 6.29. The van der Waals surface area contributed by atoms with E-state index >= 15 is 0 Å². The highest BCUT2D eigenvalue weighted by Crippen LogP contribution is 2.30. The van der Waals surface area contributed by atoms with Crippen LogP contribution in [0.2, 0.25) is 0 Å². The number of aromatic nitrogens is 1. The third kappa shape index (κ3) is 2.97. The van der Waals surface area contributed by atoms with Crippen LogP contribution in [0.5, 0.6) is 0 Å². The molecule has 2 heterocycles. The Morgan fingerprint density at radius 3 is 2.32 bits per heavy atom. The predicted octanol–water partition coefficient (Wildman–Crippen LogP) is 3.76. The molecule has 5 heteroatoms. The zero-order valence-corrected chi connectivity index (χ0v) is 14.7. The smallest absolute Gasteiger partial charge is 0.243 e. The van der Waals surface area contributed by atoms with Gasteiger partial charge in [-0.3, -0.25) is 4.98 Å². The minimum atomic E-state index is -3.50. The maximum absolute atomic E-state index is 12.9. The van der Waals surface area contributed by atoms with Gasteiger partial charge in [-0.25, -0.2) is 8.42 Å². The zero-order chi connectivity index (χ0) is 17.4. The number of benzene rings is 2. The highest BCUT2D eigenvalue weighted by Gasteiger charge is 2.31. The Morgan fingerprint density at radius 2 is 1.60 bits per heavy atom. The monoisotopic (exact) mass is 350 g/mol. The lowest BCUT2D eigenvalue weighted by atomic mass is 10.1. The van der Waals surface area contributed by atoms with Crippen molar-refractivity contribution < 1.29 is 8.42 Å². The number of nitrogens with zero attached hydrogens (tertiary/aromatic N) is 2. The summed E-state index contributed by atoms with van der Waals surface area (Å²) in [6, 6.07) is 18.9. The Hall–Kier alpha value is -2.50. The van der Waals surface area contributed by atoms with E-state index in [1.165, 1.54) is 4.31 Å². The van der Waals surface area contributed by atoms with Crippen LogP contribution in [0.3, 0.4) is 0 Å². The Bertz CT molecular complexity index is 1010. The number of pyridine rings is 1. The van der Waals surface area contributed by atoms with Crippen molar-refractivity contribution in [2.75, 3.05) is 0 Å². The highest BCUT2D eigenvalue weighted by atomic mass is 32.2. The van der Waals surface area contributed by atoms with Crippen LogP contribution in [0, 0.1) is 6.92 Å². The fourth-order valence-electron chi connectivity index (χ4n) is 3.05. The molecule has 1 aliphatic rings. The van der Waals surface area contributed by atoms with Gasteiger partial charge < -0.3 is 0 Å². The van der Waals surface area contributed by atoms with Gasteiger partial charge in [0.25, 0.3) is 0 Å². The molecule has 0 N–H and O–H groups in total. The van der Waals surface area contributed by atoms with Crippen molar-refractivity contribution in [3.63, 3.8) is 0 Å². The number of hydrogen-bond acceptors (Lipinski definition) is 3. The number of fused-ring (bicyclic) bond motifs is 1. The summed E-state index contributed by atoms with van der Waals surface area (Å²) in [4.78, 5) is 4.84. The molecule has 0 atom stereocenters. The molecule has 4 rings (SSSR count). The van der Waals surface area contributed by atoms with Crippen LogP contribution < -0.4 is 0 Å². The average Bonchev–Trinajstić information content (AvgIpc) is 3.07. The third-order valence-corrected chi connectivity index (χ3v) is 6.31. The molecule has 0 saturated heterocycles. The number of sulfonamides is 1. The summed E-state index contributed by atoms with van der Waals surface area (Å²) in [6.07, 6.45) is 1.79. The van der Waals surface area contributed by atoms with Crippen molar-refractivity contribution in [1.29, 1.82) is 0 Å². The Morgan fingerprint density at radius 1 is 0.920 bits per heavy atom. The average molecular weight is 350 g/mol. The van der Waals surface area contributed by atoms with Gasteiger partial charge in [0, 0.05) is 24.8 Å². The molecule has 0 saturated carbocycles. The molecule has 0 fully saturated rings. The van der Waals surface area contributed by atoms with E-state index in [0.717, 1.165) is 27.9 Å². The lowest BCUT2D eigenvalue weighted by molar-refractivity contribution is 0.431. The third-order valence-electron chi connectivity index (χ3n) is 4.50. The Balaban J connectivity index is 1.64. The van der Waals surface area contributed by atoms with Crippen molar-refractivity contribution >= 4 is 10.0 Å². The summed E-state index contributed by atoms with van der Waals surface area (Å²) < 4.78 is 27.3. The minimum absolute atomic E-state index is 0.335. The van der Waals surface area contributed by atoms with E-state index in [0.29, 0.717) is 18.0 Å². The van der Waals surface area contributed by atoms with Gasteiger partial charge in [0.1, 0.15) is 0 Å². The van der Waals surface area contributed by atoms with Gasteiger partial charge in [-0.2, -0.15) is 4.31 Å². The molecule has 0 radical (unpaired) electrons. The quantitative estimate of drug-likeness (QED) is 0.723.